The number of carbonyl (C=O) groups excluding carboxylic acids is 3. The molecule has 2 aromatic rings. The standard InChI is InChI=1S/C28H38N2O7/c1-27(2,3)25(33)36-22-13-12-19(16-23(22)37-26(34)28(4,5)6)21(17-31)29-14-15-30-24(32)18-35-20-10-8-7-9-11-20/h7-13,16,21,29,31H,14-15,17-18H2,1-6H3,(H,30,32). The minimum Gasteiger partial charge on any atom is -0.484 e. The first-order valence-electron chi connectivity index (χ1n) is 12.2. The topological polar surface area (TPSA) is 123 Å². The number of para-hydroxylation sites is 1. The molecule has 0 aromatic heterocycles. The SMILES string of the molecule is CC(C)(C)C(=O)Oc1ccc(C(CO)NCCNC(=O)COc2ccccc2)cc1OC(=O)C(C)(C)C. The monoisotopic (exact) mass is 514 g/mol. The number of hydrogen-bond acceptors (Lipinski definition) is 8. The van der Waals surface area contributed by atoms with Crippen molar-refractivity contribution < 1.29 is 33.7 Å². The number of benzene rings is 2. The van der Waals surface area contributed by atoms with Gasteiger partial charge in [0.1, 0.15) is 5.75 Å². The summed E-state index contributed by atoms with van der Waals surface area (Å²) in [4.78, 5) is 37.0. The molecule has 1 unspecified atom stereocenters. The van der Waals surface area contributed by atoms with Gasteiger partial charge in [-0.1, -0.05) is 24.3 Å². The van der Waals surface area contributed by atoms with Crippen LogP contribution >= 0.6 is 0 Å². The molecular formula is C28H38N2O7. The number of amides is 1. The van der Waals surface area contributed by atoms with Crippen molar-refractivity contribution in [2.24, 2.45) is 10.8 Å². The Morgan fingerprint density at radius 1 is 0.838 bits per heavy atom. The van der Waals surface area contributed by atoms with E-state index in [1.165, 1.54) is 6.07 Å². The van der Waals surface area contributed by atoms with Crippen LogP contribution in [0.15, 0.2) is 48.5 Å². The predicted molar refractivity (Wildman–Crippen MR) is 139 cm³/mol. The average molecular weight is 515 g/mol. The first-order valence-corrected chi connectivity index (χ1v) is 12.2. The molecule has 0 spiro atoms. The van der Waals surface area contributed by atoms with Gasteiger partial charge in [-0.25, -0.2) is 0 Å². The van der Waals surface area contributed by atoms with E-state index in [0.717, 1.165) is 0 Å². The molecule has 0 saturated heterocycles. The van der Waals surface area contributed by atoms with E-state index in [9.17, 15) is 19.5 Å². The molecule has 0 saturated carbocycles. The van der Waals surface area contributed by atoms with Crippen molar-refractivity contribution in [1.29, 1.82) is 0 Å². The van der Waals surface area contributed by atoms with Crippen LogP contribution < -0.4 is 24.8 Å². The summed E-state index contributed by atoms with van der Waals surface area (Å²) in [6.07, 6.45) is 0. The van der Waals surface area contributed by atoms with E-state index >= 15 is 0 Å². The third kappa shape index (κ3) is 9.86. The summed E-state index contributed by atoms with van der Waals surface area (Å²) in [6, 6.07) is 13.3. The van der Waals surface area contributed by atoms with Gasteiger partial charge in [-0.3, -0.25) is 14.4 Å². The van der Waals surface area contributed by atoms with Gasteiger partial charge in [0.25, 0.3) is 5.91 Å². The molecule has 0 bridgehead atoms. The number of hydrogen-bond donors (Lipinski definition) is 3. The lowest BCUT2D eigenvalue weighted by molar-refractivity contribution is -0.145. The largest absolute Gasteiger partial charge is 0.484 e. The van der Waals surface area contributed by atoms with Crippen molar-refractivity contribution in [3.05, 3.63) is 54.1 Å². The average Bonchev–Trinajstić information content (AvgIpc) is 2.83. The maximum Gasteiger partial charge on any atom is 0.316 e. The zero-order valence-corrected chi connectivity index (χ0v) is 22.4. The lowest BCUT2D eigenvalue weighted by atomic mass is 9.97. The first-order chi connectivity index (χ1) is 17.3. The van der Waals surface area contributed by atoms with Crippen LogP contribution in [-0.2, 0) is 14.4 Å². The van der Waals surface area contributed by atoms with Crippen LogP contribution in [0.25, 0.3) is 0 Å². The molecule has 1 atom stereocenters. The van der Waals surface area contributed by atoms with Gasteiger partial charge in [-0.05, 0) is 71.4 Å². The predicted octanol–water partition coefficient (Wildman–Crippen LogP) is 3.41. The Kier molecular flexibility index (Phi) is 10.6. The van der Waals surface area contributed by atoms with Crippen molar-refractivity contribution in [2.75, 3.05) is 26.3 Å². The number of nitrogens with one attached hydrogen (secondary N) is 2. The molecule has 202 valence electrons. The second-order valence-electron chi connectivity index (χ2n) is 10.6. The van der Waals surface area contributed by atoms with E-state index < -0.39 is 28.8 Å². The van der Waals surface area contributed by atoms with E-state index in [1.807, 2.05) is 18.2 Å². The van der Waals surface area contributed by atoms with Crippen molar-refractivity contribution in [3.8, 4) is 17.2 Å². The molecule has 2 aromatic carbocycles. The van der Waals surface area contributed by atoms with Gasteiger partial charge in [0.2, 0.25) is 0 Å². The summed E-state index contributed by atoms with van der Waals surface area (Å²) in [7, 11) is 0. The highest BCUT2D eigenvalue weighted by Crippen LogP contribution is 2.34. The molecule has 9 heteroatoms. The van der Waals surface area contributed by atoms with E-state index in [1.54, 1.807) is 65.8 Å². The molecule has 0 aliphatic heterocycles. The van der Waals surface area contributed by atoms with Crippen LogP contribution in [0.4, 0.5) is 0 Å². The molecule has 1 amide bonds. The van der Waals surface area contributed by atoms with E-state index in [-0.39, 0.29) is 30.6 Å². The van der Waals surface area contributed by atoms with Crippen LogP contribution in [0.2, 0.25) is 0 Å². The van der Waals surface area contributed by atoms with Gasteiger partial charge in [0.05, 0.1) is 23.5 Å². The van der Waals surface area contributed by atoms with E-state index in [0.29, 0.717) is 24.4 Å². The number of rotatable bonds is 11. The zero-order valence-electron chi connectivity index (χ0n) is 22.4. The minimum absolute atomic E-state index is 0.0849. The lowest BCUT2D eigenvalue weighted by Gasteiger charge is -2.22. The number of aliphatic hydroxyl groups is 1. The van der Waals surface area contributed by atoms with Gasteiger partial charge in [-0.2, -0.15) is 0 Å². The van der Waals surface area contributed by atoms with Crippen LogP contribution in [-0.4, -0.2) is 49.3 Å². The fourth-order valence-corrected chi connectivity index (χ4v) is 2.86. The van der Waals surface area contributed by atoms with Crippen LogP contribution in [0.5, 0.6) is 17.2 Å². The summed E-state index contributed by atoms with van der Waals surface area (Å²) in [6.45, 7) is 10.6. The highest BCUT2D eigenvalue weighted by Gasteiger charge is 2.28. The van der Waals surface area contributed by atoms with Gasteiger partial charge in [0.15, 0.2) is 18.1 Å². The number of ether oxygens (including phenoxy) is 3. The molecule has 0 fully saturated rings. The second kappa shape index (κ2) is 13.2. The molecule has 37 heavy (non-hydrogen) atoms. The zero-order chi connectivity index (χ0) is 27.6. The molecular weight excluding hydrogens is 476 g/mol. The third-order valence-corrected chi connectivity index (χ3v) is 5.13. The summed E-state index contributed by atoms with van der Waals surface area (Å²) in [5.74, 6) is -0.433. The molecule has 9 nitrogen and oxygen atoms in total. The Balaban J connectivity index is 2.03. The maximum absolute atomic E-state index is 12.6. The van der Waals surface area contributed by atoms with Crippen molar-refractivity contribution >= 4 is 17.8 Å². The number of carbonyl (C=O) groups is 3. The van der Waals surface area contributed by atoms with Gasteiger partial charge in [-0.15, -0.1) is 0 Å². The summed E-state index contributed by atoms with van der Waals surface area (Å²) >= 11 is 0. The molecule has 0 heterocycles. The fourth-order valence-electron chi connectivity index (χ4n) is 2.86. The number of esters is 2. The fraction of sp³-hybridized carbons (Fsp3) is 0.464. The lowest BCUT2D eigenvalue weighted by Crippen LogP contribution is -2.36. The highest BCUT2D eigenvalue weighted by molar-refractivity contribution is 5.81. The van der Waals surface area contributed by atoms with E-state index in [2.05, 4.69) is 10.6 Å². The van der Waals surface area contributed by atoms with Crippen molar-refractivity contribution in [1.82, 2.24) is 10.6 Å². The Morgan fingerprint density at radius 2 is 1.43 bits per heavy atom. The molecule has 2 rings (SSSR count). The Bertz CT molecular complexity index is 1060. The van der Waals surface area contributed by atoms with Gasteiger partial charge in [0, 0.05) is 13.1 Å². The van der Waals surface area contributed by atoms with Crippen molar-refractivity contribution in [3.63, 3.8) is 0 Å². The molecule has 0 aliphatic carbocycles. The Labute approximate surface area is 218 Å². The molecule has 3 N–H and O–H groups in total. The van der Waals surface area contributed by atoms with Crippen LogP contribution in [0.3, 0.4) is 0 Å². The molecule has 0 radical (unpaired) electrons. The Hall–Kier alpha value is -3.43. The smallest absolute Gasteiger partial charge is 0.316 e. The van der Waals surface area contributed by atoms with Crippen molar-refractivity contribution in [2.45, 2.75) is 47.6 Å². The maximum atomic E-state index is 12.6. The summed E-state index contributed by atoms with van der Waals surface area (Å²) in [5, 5.41) is 15.9. The first kappa shape index (κ1) is 29.8. The Morgan fingerprint density at radius 3 is 2.00 bits per heavy atom. The summed E-state index contributed by atoms with van der Waals surface area (Å²) in [5.41, 5.74) is -0.915. The quantitative estimate of drug-likeness (QED) is 0.237. The van der Waals surface area contributed by atoms with Gasteiger partial charge < -0.3 is 30.0 Å². The second-order valence-corrected chi connectivity index (χ2v) is 10.6. The third-order valence-electron chi connectivity index (χ3n) is 5.13. The summed E-state index contributed by atoms with van der Waals surface area (Å²) < 4.78 is 16.5. The normalized spacial score (nSPS) is 12.4. The van der Waals surface area contributed by atoms with E-state index in [4.69, 9.17) is 14.2 Å². The molecule has 0 aliphatic rings. The van der Waals surface area contributed by atoms with Crippen LogP contribution in [0, 0.1) is 10.8 Å². The highest BCUT2D eigenvalue weighted by atomic mass is 16.6. The van der Waals surface area contributed by atoms with Crippen LogP contribution in [0.1, 0.15) is 53.1 Å². The minimum atomic E-state index is -0.779. The number of aliphatic hydroxyl groups excluding tert-OH is 1. The van der Waals surface area contributed by atoms with Gasteiger partial charge >= 0.3 is 11.9 Å².